The van der Waals surface area contributed by atoms with E-state index < -0.39 is 9.46 Å². The first-order chi connectivity index (χ1) is 5.56. The van der Waals surface area contributed by atoms with Gasteiger partial charge in [0.1, 0.15) is 0 Å². The molecule has 0 bridgehead atoms. The zero-order chi connectivity index (χ0) is 9.19. The summed E-state index contributed by atoms with van der Waals surface area (Å²) in [7, 11) is -3.00. The third-order valence-electron chi connectivity index (χ3n) is 1.43. The maximum Gasteiger partial charge on any atom is 0.201 e. The summed E-state index contributed by atoms with van der Waals surface area (Å²) in [5, 5.41) is 0. The average Bonchev–Trinajstić information content (AvgIpc) is 2.05. The van der Waals surface area contributed by atoms with E-state index in [0.717, 1.165) is 5.56 Å². The minimum atomic E-state index is -3.00. The van der Waals surface area contributed by atoms with Gasteiger partial charge in [0.25, 0.3) is 0 Å². The van der Waals surface area contributed by atoms with E-state index in [2.05, 4.69) is 0 Å². The van der Waals surface area contributed by atoms with Gasteiger partial charge in [-0.25, -0.2) is 8.42 Å². The van der Waals surface area contributed by atoms with Gasteiger partial charge in [-0.3, -0.25) is 0 Å². The van der Waals surface area contributed by atoms with Crippen LogP contribution >= 0.6 is 27.5 Å². The highest BCUT2D eigenvalue weighted by molar-refractivity contribution is 14.2. The normalized spacial score (nSPS) is 12.5. The van der Waals surface area contributed by atoms with Crippen molar-refractivity contribution < 1.29 is 8.42 Å². The van der Waals surface area contributed by atoms with Gasteiger partial charge in [0.2, 0.25) is 9.46 Å². The lowest BCUT2D eigenvalue weighted by atomic mass is 10.2. The molecule has 1 unspecified atom stereocenters. The first-order valence-corrected chi connectivity index (χ1v) is 9.57. The predicted molar refractivity (Wildman–Crippen MR) is 60.7 cm³/mol. The van der Waals surface area contributed by atoms with E-state index in [4.69, 9.17) is 0 Å². The second kappa shape index (κ2) is 4.03. The Hall–Kier alpha value is 0.330. The Labute approximate surface area is 86.7 Å². The fourth-order valence-corrected chi connectivity index (χ4v) is 4.31. The molecule has 0 saturated carbocycles. The van der Waals surface area contributed by atoms with Crippen LogP contribution in [0.5, 0.6) is 0 Å². The molecule has 1 rings (SSSR count). The highest BCUT2D eigenvalue weighted by atomic mass is 127. The van der Waals surface area contributed by atoms with E-state index in [0.29, 0.717) is 4.90 Å². The molecule has 0 amide bonds. The summed E-state index contributed by atoms with van der Waals surface area (Å²) >= 11 is 1.88. The van der Waals surface area contributed by atoms with E-state index in [1.807, 2.05) is 41.1 Å². The Morgan fingerprint density at radius 2 is 1.75 bits per heavy atom. The fraction of sp³-hybridized carbons (Fsp3) is 0.143. The Kier molecular flexibility index (Phi) is 3.49. The van der Waals surface area contributed by atoms with Gasteiger partial charge in [-0.15, -0.1) is 0 Å². The third-order valence-corrected chi connectivity index (χ3v) is 9.06. The standard InChI is InChI=1S/C7H8IO2PS/c1-6-2-4-7(5-3-6)12(9,10)11-8/h2-5,11H,1H3. The van der Waals surface area contributed by atoms with Crippen LogP contribution in [-0.4, -0.2) is 8.42 Å². The number of benzene rings is 1. The van der Waals surface area contributed by atoms with E-state index in [-0.39, 0.29) is 5.43 Å². The molecule has 5 heteroatoms. The van der Waals surface area contributed by atoms with Crippen LogP contribution in [0.2, 0.25) is 0 Å². The first-order valence-electron chi connectivity index (χ1n) is 3.25. The molecule has 0 aromatic heterocycles. The van der Waals surface area contributed by atoms with Gasteiger partial charge in [-0.05, 0) is 41.1 Å². The maximum atomic E-state index is 11.3. The minimum Gasteiger partial charge on any atom is -0.219 e. The molecule has 12 heavy (non-hydrogen) atoms. The van der Waals surface area contributed by atoms with Crippen molar-refractivity contribution in [3.05, 3.63) is 29.8 Å². The van der Waals surface area contributed by atoms with Crippen LogP contribution in [0.4, 0.5) is 0 Å². The number of rotatable bonds is 2. The summed E-state index contributed by atoms with van der Waals surface area (Å²) < 4.78 is 22.6. The van der Waals surface area contributed by atoms with E-state index in [1.165, 1.54) is 0 Å². The molecule has 66 valence electrons. The lowest BCUT2D eigenvalue weighted by molar-refractivity contribution is 0.610. The number of aryl methyl sites for hydroxylation is 1. The molecule has 0 spiro atoms. The molecule has 0 saturated heterocycles. The second-order valence-corrected chi connectivity index (χ2v) is 10.1. The van der Waals surface area contributed by atoms with Crippen molar-refractivity contribution in [3.8, 4) is 0 Å². The van der Waals surface area contributed by atoms with Crippen molar-refractivity contribution in [2.45, 2.75) is 11.8 Å². The Balaban J connectivity index is 3.14. The Morgan fingerprint density at radius 1 is 1.25 bits per heavy atom. The second-order valence-electron chi connectivity index (χ2n) is 2.39. The van der Waals surface area contributed by atoms with Gasteiger partial charge in [0, 0.05) is 0 Å². The largest absolute Gasteiger partial charge is 0.219 e. The number of halogens is 1. The lowest BCUT2D eigenvalue weighted by Crippen LogP contribution is -1.90. The molecule has 0 aliphatic rings. The summed E-state index contributed by atoms with van der Waals surface area (Å²) in [6.45, 7) is 1.93. The number of hydrogen-bond donors (Lipinski definition) is 0. The van der Waals surface area contributed by atoms with Crippen molar-refractivity contribution >= 4 is 36.9 Å². The van der Waals surface area contributed by atoms with Crippen molar-refractivity contribution in [2.75, 3.05) is 0 Å². The minimum absolute atomic E-state index is 0.0991. The summed E-state index contributed by atoms with van der Waals surface area (Å²) in [4.78, 5) is 0.417. The van der Waals surface area contributed by atoms with E-state index in [1.54, 1.807) is 12.1 Å². The molecule has 0 N–H and O–H groups in total. The molecule has 0 aliphatic carbocycles. The summed E-state index contributed by atoms with van der Waals surface area (Å²) in [5.41, 5.74) is 0.976. The zero-order valence-electron chi connectivity index (χ0n) is 6.41. The zero-order valence-corrected chi connectivity index (χ0v) is 10.4. The van der Waals surface area contributed by atoms with Crippen LogP contribution in [0, 0.1) is 6.92 Å². The molecule has 0 radical (unpaired) electrons. The van der Waals surface area contributed by atoms with Crippen molar-refractivity contribution in [1.29, 1.82) is 0 Å². The molecule has 0 fully saturated rings. The lowest BCUT2D eigenvalue weighted by Gasteiger charge is -1.99. The van der Waals surface area contributed by atoms with Gasteiger partial charge in [0.15, 0.2) is 0 Å². The highest BCUT2D eigenvalue weighted by Gasteiger charge is 2.10. The van der Waals surface area contributed by atoms with Crippen LogP contribution in [0.3, 0.4) is 0 Å². The van der Waals surface area contributed by atoms with Gasteiger partial charge in [-0.2, -0.15) is 0 Å². The van der Waals surface area contributed by atoms with Gasteiger partial charge < -0.3 is 0 Å². The maximum absolute atomic E-state index is 11.3. The van der Waals surface area contributed by atoms with E-state index >= 15 is 0 Å². The van der Waals surface area contributed by atoms with Gasteiger partial charge in [0.05, 0.1) is 10.3 Å². The Bertz CT molecular complexity index is 357. The molecule has 0 heterocycles. The summed E-state index contributed by atoms with van der Waals surface area (Å²) in [5.74, 6) is 0. The molecular weight excluding hydrogens is 306 g/mol. The predicted octanol–water partition coefficient (Wildman–Crippen LogP) is 2.71. The molecule has 0 aliphatic heterocycles. The highest BCUT2D eigenvalue weighted by Crippen LogP contribution is 2.35. The smallest absolute Gasteiger partial charge is 0.201 e. The first kappa shape index (κ1) is 10.4. The summed E-state index contributed by atoms with van der Waals surface area (Å²) in [6, 6.07) is 6.92. The summed E-state index contributed by atoms with van der Waals surface area (Å²) in [6.07, 6.45) is 0. The topological polar surface area (TPSA) is 34.1 Å². The molecular formula is C7H8IO2PS. The van der Waals surface area contributed by atoms with Crippen LogP contribution < -0.4 is 0 Å². The van der Waals surface area contributed by atoms with Crippen molar-refractivity contribution in [1.82, 2.24) is 0 Å². The number of hydrogen-bond acceptors (Lipinski definition) is 2. The SMILES string of the molecule is Cc1ccc(S(=O)(=O)PI)cc1. The van der Waals surface area contributed by atoms with Crippen LogP contribution in [0.1, 0.15) is 5.56 Å². The van der Waals surface area contributed by atoms with Crippen molar-refractivity contribution in [2.24, 2.45) is 0 Å². The van der Waals surface area contributed by atoms with Crippen LogP contribution in [-0.2, 0) is 9.46 Å². The quantitative estimate of drug-likeness (QED) is 0.621. The molecule has 1 atom stereocenters. The molecule has 1 aromatic rings. The average molecular weight is 314 g/mol. The monoisotopic (exact) mass is 314 g/mol. The van der Waals surface area contributed by atoms with Crippen LogP contribution in [0.25, 0.3) is 0 Å². The van der Waals surface area contributed by atoms with Gasteiger partial charge >= 0.3 is 0 Å². The molecule has 2 nitrogen and oxygen atoms in total. The van der Waals surface area contributed by atoms with Crippen molar-refractivity contribution in [3.63, 3.8) is 0 Å². The Morgan fingerprint density at radius 3 is 2.17 bits per heavy atom. The van der Waals surface area contributed by atoms with Crippen LogP contribution in [0.15, 0.2) is 29.2 Å². The fourth-order valence-electron chi connectivity index (χ4n) is 0.762. The van der Waals surface area contributed by atoms with Gasteiger partial charge in [-0.1, -0.05) is 17.7 Å². The van der Waals surface area contributed by atoms with E-state index in [9.17, 15) is 8.42 Å². The molecule has 1 aromatic carbocycles. The third kappa shape index (κ3) is 2.41.